The van der Waals surface area contributed by atoms with E-state index >= 15 is 0 Å². The van der Waals surface area contributed by atoms with Crippen LogP contribution in [0.25, 0.3) is 0 Å². The van der Waals surface area contributed by atoms with Crippen LogP contribution in [0.5, 0.6) is 5.88 Å². The lowest BCUT2D eigenvalue weighted by Crippen LogP contribution is -2.38. The van der Waals surface area contributed by atoms with E-state index in [4.69, 9.17) is 4.74 Å². The van der Waals surface area contributed by atoms with Gasteiger partial charge in [-0.1, -0.05) is 6.07 Å². The Morgan fingerprint density at radius 2 is 2.33 bits per heavy atom. The van der Waals surface area contributed by atoms with Crippen molar-refractivity contribution in [3.63, 3.8) is 0 Å². The van der Waals surface area contributed by atoms with Crippen LogP contribution in [0, 0.1) is 0 Å². The zero-order chi connectivity index (χ0) is 13.2. The van der Waals surface area contributed by atoms with Crippen molar-refractivity contribution >= 4 is 9.84 Å². The highest BCUT2D eigenvalue weighted by Gasteiger charge is 2.35. The number of nitrogens with zero attached hydrogens (tertiary/aromatic N) is 1. The van der Waals surface area contributed by atoms with Gasteiger partial charge >= 0.3 is 0 Å². The molecule has 1 fully saturated rings. The van der Waals surface area contributed by atoms with Gasteiger partial charge in [-0.25, -0.2) is 13.4 Å². The summed E-state index contributed by atoms with van der Waals surface area (Å²) < 4.78 is 27.8. The van der Waals surface area contributed by atoms with E-state index in [1.54, 1.807) is 12.3 Å². The van der Waals surface area contributed by atoms with Crippen molar-refractivity contribution in [2.75, 3.05) is 18.6 Å². The number of aliphatic hydroxyl groups excluding tert-OH is 1. The molecule has 1 aliphatic rings. The maximum Gasteiger partial charge on any atom is 0.217 e. The number of sulfone groups is 1. The van der Waals surface area contributed by atoms with Crippen LogP contribution in [0.3, 0.4) is 0 Å². The van der Waals surface area contributed by atoms with Crippen LogP contribution in [-0.4, -0.2) is 49.3 Å². The van der Waals surface area contributed by atoms with Gasteiger partial charge in [0.25, 0.3) is 0 Å². The Morgan fingerprint density at radius 3 is 2.94 bits per heavy atom. The van der Waals surface area contributed by atoms with Crippen molar-refractivity contribution in [1.82, 2.24) is 10.3 Å². The first-order valence-electron chi connectivity index (χ1n) is 5.61. The van der Waals surface area contributed by atoms with Gasteiger partial charge in [-0.15, -0.1) is 0 Å². The first-order chi connectivity index (χ1) is 8.52. The Kier molecular flexibility index (Phi) is 3.84. The highest BCUT2D eigenvalue weighted by Crippen LogP contribution is 2.16. The summed E-state index contributed by atoms with van der Waals surface area (Å²) in [6.07, 6.45) is 0.773. The monoisotopic (exact) mass is 272 g/mol. The average molecular weight is 272 g/mol. The van der Waals surface area contributed by atoms with Crippen LogP contribution in [0.15, 0.2) is 18.3 Å². The molecular formula is C11H16N2O4S. The Hall–Kier alpha value is -1.18. The third kappa shape index (κ3) is 2.98. The molecule has 6 nitrogen and oxygen atoms in total. The molecule has 0 radical (unpaired) electrons. The summed E-state index contributed by atoms with van der Waals surface area (Å²) in [6, 6.07) is 3.19. The van der Waals surface area contributed by atoms with Gasteiger partial charge in [0.2, 0.25) is 5.88 Å². The van der Waals surface area contributed by atoms with Gasteiger partial charge in [0.15, 0.2) is 9.84 Å². The summed E-state index contributed by atoms with van der Waals surface area (Å²) >= 11 is 0. The summed E-state index contributed by atoms with van der Waals surface area (Å²) in [5, 5.41) is 12.7. The molecule has 2 heterocycles. The maximum absolute atomic E-state index is 11.3. The average Bonchev–Trinajstić information content (AvgIpc) is 2.60. The van der Waals surface area contributed by atoms with Crippen LogP contribution in [0.1, 0.15) is 5.56 Å². The molecule has 18 heavy (non-hydrogen) atoms. The van der Waals surface area contributed by atoms with E-state index in [0.29, 0.717) is 12.4 Å². The lowest BCUT2D eigenvalue weighted by atomic mass is 10.2. The predicted molar refractivity (Wildman–Crippen MR) is 66.1 cm³/mol. The number of pyridine rings is 1. The normalized spacial score (nSPS) is 26.1. The molecule has 2 rings (SSSR count). The summed E-state index contributed by atoms with van der Waals surface area (Å²) in [5.41, 5.74) is 0.830. The largest absolute Gasteiger partial charge is 0.481 e. The molecule has 1 aliphatic heterocycles. The lowest BCUT2D eigenvalue weighted by molar-refractivity contribution is 0.165. The smallest absolute Gasteiger partial charge is 0.217 e. The van der Waals surface area contributed by atoms with E-state index in [0.717, 1.165) is 5.56 Å². The molecule has 2 unspecified atom stereocenters. The van der Waals surface area contributed by atoms with Gasteiger partial charge in [0, 0.05) is 24.3 Å². The van der Waals surface area contributed by atoms with E-state index in [9.17, 15) is 13.5 Å². The molecule has 1 saturated heterocycles. The number of aromatic nitrogens is 1. The number of methoxy groups -OCH3 is 1. The maximum atomic E-state index is 11.3. The summed E-state index contributed by atoms with van der Waals surface area (Å²) in [4.78, 5) is 4.05. The molecular weight excluding hydrogens is 256 g/mol. The van der Waals surface area contributed by atoms with Crippen LogP contribution in [0.2, 0.25) is 0 Å². The van der Waals surface area contributed by atoms with E-state index in [2.05, 4.69) is 10.3 Å². The van der Waals surface area contributed by atoms with Crippen molar-refractivity contribution in [2.45, 2.75) is 18.7 Å². The summed E-state index contributed by atoms with van der Waals surface area (Å²) in [7, 11) is -1.60. The lowest BCUT2D eigenvalue weighted by Gasteiger charge is -2.15. The molecule has 0 bridgehead atoms. The Morgan fingerprint density at radius 1 is 1.56 bits per heavy atom. The van der Waals surface area contributed by atoms with Crippen molar-refractivity contribution in [1.29, 1.82) is 0 Å². The Bertz CT molecular complexity index is 518. The van der Waals surface area contributed by atoms with Gasteiger partial charge < -0.3 is 15.2 Å². The molecule has 0 aliphatic carbocycles. The summed E-state index contributed by atoms with van der Waals surface area (Å²) in [6.45, 7) is 0.411. The second-order valence-electron chi connectivity index (χ2n) is 4.30. The Labute approximate surface area is 106 Å². The molecule has 1 aromatic heterocycles. The highest BCUT2D eigenvalue weighted by atomic mass is 32.2. The number of hydrogen-bond donors (Lipinski definition) is 2. The zero-order valence-electron chi connectivity index (χ0n) is 10.0. The minimum Gasteiger partial charge on any atom is -0.481 e. The molecule has 0 aromatic carbocycles. The third-order valence-corrected chi connectivity index (χ3v) is 4.64. The third-order valence-electron chi connectivity index (χ3n) is 2.92. The minimum absolute atomic E-state index is 0.0310. The zero-order valence-corrected chi connectivity index (χ0v) is 10.9. The highest BCUT2D eigenvalue weighted by molar-refractivity contribution is 7.91. The van der Waals surface area contributed by atoms with Crippen LogP contribution in [-0.2, 0) is 16.4 Å². The standard InChI is InChI=1S/C11H16N2O4S/c1-17-11-8(3-2-4-12-11)5-13-9-6-18(15,16)7-10(9)14/h2-4,9-10,13-14H,5-7H2,1H3. The van der Waals surface area contributed by atoms with Crippen molar-refractivity contribution in [3.05, 3.63) is 23.9 Å². The molecule has 100 valence electrons. The molecule has 0 spiro atoms. The van der Waals surface area contributed by atoms with Crippen molar-refractivity contribution in [3.8, 4) is 5.88 Å². The molecule has 1 aromatic rings. The van der Waals surface area contributed by atoms with Crippen LogP contribution >= 0.6 is 0 Å². The van der Waals surface area contributed by atoms with Gasteiger partial charge in [-0.3, -0.25) is 0 Å². The fourth-order valence-corrected chi connectivity index (χ4v) is 3.78. The minimum atomic E-state index is -3.12. The van der Waals surface area contributed by atoms with Gasteiger partial charge in [0.05, 0.1) is 24.7 Å². The predicted octanol–water partition coefficient (Wildman–Crippen LogP) is -0.662. The van der Waals surface area contributed by atoms with E-state index in [-0.39, 0.29) is 11.5 Å². The number of rotatable bonds is 4. The van der Waals surface area contributed by atoms with Crippen LogP contribution in [0.4, 0.5) is 0 Å². The molecule has 0 saturated carbocycles. The molecule has 7 heteroatoms. The summed E-state index contributed by atoms with van der Waals surface area (Å²) in [5.74, 6) is 0.298. The van der Waals surface area contributed by atoms with Crippen molar-refractivity contribution in [2.24, 2.45) is 0 Å². The van der Waals surface area contributed by atoms with E-state index in [1.165, 1.54) is 7.11 Å². The number of nitrogens with one attached hydrogen (secondary N) is 1. The fourth-order valence-electron chi connectivity index (χ4n) is 2.01. The molecule has 0 amide bonds. The van der Waals surface area contributed by atoms with E-state index in [1.807, 2.05) is 6.07 Å². The quantitative estimate of drug-likeness (QED) is 0.756. The van der Waals surface area contributed by atoms with Crippen LogP contribution < -0.4 is 10.1 Å². The molecule has 2 atom stereocenters. The first kappa shape index (κ1) is 13.3. The topological polar surface area (TPSA) is 88.5 Å². The second-order valence-corrected chi connectivity index (χ2v) is 6.46. The number of aliphatic hydroxyl groups is 1. The first-order valence-corrected chi connectivity index (χ1v) is 7.44. The van der Waals surface area contributed by atoms with Gasteiger partial charge in [-0.2, -0.15) is 0 Å². The van der Waals surface area contributed by atoms with Gasteiger partial charge in [0.1, 0.15) is 0 Å². The second kappa shape index (κ2) is 5.21. The van der Waals surface area contributed by atoms with E-state index < -0.39 is 22.0 Å². The van der Waals surface area contributed by atoms with Gasteiger partial charge in [-0.05, 0) is 6.07 Å². The number of ether oxygens (including phenoxy) is 1. The SMILES string of the molecule is COc1ncccc1CNC1CS(=O)(=O)CC1O. The number of hydrogen-bond acceptors (Lipinski definition) is 6. The Balaban J connectivity index is 2.00. The fraction of sp³-hybridized carbons (Fsp3) is 0.545. The van der Waals surface area contributed by atoms with Crippen molar-refractivity contribution < 1.29 is 18.3 Å². The molecule has 2 N–H and O–H groups in total.